The highest BCUT2D eigenvalue weighted by Crippen LogP contribution is 2.30. The summed E-state index contributed by atoms with van der Waals surface area (Å²) in [6, 6.07) is 10.2. The lowest BCUT2D eigenvalue weighted by Gasteiger charge is -2.33. The van der Waals surface area contributed by atoms with E-state index in [9.17, 15) is 5.11 Å². The zero-order valence-electron chi connectivity index (χ0n) is 10.1. The fourth-order valence-electron chi connectivity index (χ4n) is 2.25. The van der Waals surface area contributed by atoms with Gasteiger partial charge in [-0.15, -0.1) is 6.58 Å². The smallest absolute Gasteiger partial charge is 0.0827 e. The summed E-state index contributed by atoms with van der Waals surface area (Å²) in [4.78, 5) is 0. The van der Waals surface area contributed by atoms with Crippen LogP contribution in [0.5, 0.6) is 0 Å². The van der Waals surface area contributed by atoms with Gasteiger partial charge >= 0.3 is 0 Å². The van der Waals surface area contributed by atoms with Gasteiger partial charge in [-0.2, -0.15) is 0 Å². The third-order valence-corrected chi connectivity index (χ3v) is 3.51. The van der Waals surface area contributed by atoms with Gasteiger partial charge < -0.3 is 9.84 Å². The van der Waals surface area contributed by atoms with Gasteiger partial charge in [0.05, 0.1) is 18.3 Å². The number of benzene rings is 1. The molecule has 2 heteroatoms. The first kappa shape index (κ1) is 12.3. The van der Waals surface area contributed by atoms with Gasteiger partial charge in [0.2, 0.25) is 0 Å². The molecule has 0 amide bonds. The lowest BCUT2D eigenvalue weighted by Crippen LogP contribution is -2.34. The molecule has 1 saturated carbocycles. The van der Waals surface area contributed by atoms with Crippen LogP contribution in [0.3, 0.4) is 0 Å². The second kappa shape index (κ2) is 5.48. The van der Waals surface area contributed by atoms with E-state index >= 15 is 0 Å². The highest BCUT2D eigenvalue weighted by atomic mass is 16.5. The Balaban J connectivity index is 1.77. The highest BCUT2D eigenvalue weighted by molar-refractivity contribution is 5.13. The van der Waals surface area contributed by atoms with E-state index in [1.54, 1.807) is 6.08 Å². The van der Waals surface area contributed by atoms with Gasteiger partial charge in [-0.3, -0.25) is 0 Å². The molecule has 2 nitrogen and oxygen atoms in total. The molecule has 92 valence electrons. The molecule has 1 aromatic rings. The van der Waals surface area contributed by atoms with Crippen LogP contribution >= 0.6 is 0 Å². The number of aliphatic hydroxyl groups is 1. The molecule has 0 aliphatic heterocycles. The van der Waals surface area contributed by atoms with E-state index in [0.29, 0.717) is 6.61 Å². The molecule has 0 radical (unpaired) electrons. The maximum Gasteiger partial charge on any atom is 0.0827 e. The van der Waals surface area contributed by atoms with Crippen molar-refractivity contribution in [2.24, 2.45) is 0 Å². The van der Waals surface area contributed by atoms with Crippen molar-refractivity contribution < 1.29 is 9.84 Å². The van der Waals surface area contributed by atoms with Gasteiger partial charge in [0, 0.05) is 0 Å². The molecule has 2 rings (SSSR count). The summed E-state index contributed by atoms with van der Waals surface area (Å²) >= 11 is 0. The topological polar surface area (TPSA) is 29.5 Å². The second-order valence-electron chi connectivity index (χ2n) is 4.80. The number of hydrogen-bond acceptors (Lipinski definition) is 2. The van der Waals surface area contributed by atoms with Crippen LogP contribution < -0.4 is 0 Å². The minimum absolute atomic E-state index is 0.274. The van der Waals surface area contributed by atoms with Crippen molar-refractivity contribution in [2.75, 3.05) is 0 Å². The van der Waals surface area contributed by atoms with Crippen LogP contribution in [0.25, 0.3) is 0 Å². The third kappa shape index (κ3) is 3.42. The van der Waals surface area contributed by atoms with Crippen LogP contribution in [-0.4, -0.2) is 16.8 Å². The molecule has 17 heavy (non-hydrogen) atoms. The average Bonchev–Trinajstić information content (AvgIpc) is 2.39. The molecule has 0 atom stereocenters. The Morgan fingerprint density at radius 1 is 1.29 bits per heavy atom. The molecular formula is C15H20O2. The average molecular weight is 232 g/mol. The lowest BCUT2D eigenvalue weighted by atomic mass is 9.83. The Kier molecular flexibility index (Phi) is 3.97. The number of hydrogen-bond donors (Lipinski definition) is 1. The predicted molar refractivity (Wildman–Crippen MR) is 68.6 cm³/mol. The molecule has 1 aliphatic carbocycles. The van der Waals surface area contributed by atoms with Gasteiger partial charge in [-0.05, 0) is 31.2 Å². The lowest BCUT2D eigenvalue weighted by molar-refractivity contribution is -0.0378. The fourth-order valence-corrected chi connectivity index (χ4v) is 2.25. The van der Waals surface area contributed by atoms with Crippen molar-refractivity contribution in [3.05, 3.63) is 48.6 Å². The summed E-state index contributed by atoms with van der Waals surface area (Å²) in [5.74, 6) is 0. The van der Waals surface area contributed by atoms with Crippen LogP contribution in [-0.2, 0) is 11.3 Å². The van der Waals surface area contributed by atoms with Crippen LogP contribution in [0.15, 0.2) is 43.0 Å². The van der Waals surface area contributed by atoms with Gasteiger partial charge in [0.15, 0.2) is 0 Å². The summed E-state index contributed by atoms with van der Waals surface area (Å²) in [7, 11) is 0. The second-order valence-corrected chi connectivity index (χ2v) is 4.80. The van der Waals surface area contributed by atoms with Gasteiger partial charge in [-0.1, -0.05) is 36.4 Å². The molecule has 0 heterocycles. The molecule has 1 N–H and O–H groups in total. The third-order valence-electron chi connectivity index (χ3n) is 3.51. The molecule has 0 saturated heterocycles. The van der Waals surface area contributed by atoms with Crippen LogP contribution in [0.4, 0.5) is 0 Å². The Labute approximate surface area is 103 Å². The summed E-state index contributed by atoms with van der Waals surface area (Å²) in [6.45, 7) is 4.35. The van der Waals surface area contributed by atoms with E-state index in [0.717, 1.165) is 25.7 Å². The highest BCUT2D eigenvalue weighted by Gasteiger charge is 2.30. The van der Waals surface area contributed by atoms with Crippen LogP contribution in [0, 0.1) is 0 Å². The molecular weight excluding hydrogens is 212 g/mol. The van der Waals surface area contributed by atoms with E-state index < -0.39 is 5.60 Å². The zero-order valence-corrected chi connectivity index (χ0v) is 10.1. The maximum absolute atomic E-state index is 10.0. The zero-order chi connectivity index (χ0) is 12.1. The van der Waals surface area contributed by atoms with Gasteiger partial charge in [0.25, 0.3) is 0 Å². The van der Waals surface area contributed by atoms with E-state index in [2.05, 4.69) is 18.7 Å². The number of rotatable bonds is 4. The normalized spacial score (nSPS) is 28.9. The molecule has 0 unspecified atom stereocenters. The maximum atomic E-state index is 10.0. The first-order valence-corrected chi connectivity index (χ1v) is 6.23. The van der Waals surface area contributed by atoms with E-state index in [1.165, 1.54) is 5.56 Å². The minimum atomic E-state index is -0.660. The van der Waals surface area contributed by atoms with Gasteiger partial charge in [0.1, 0.15) is 0 Å². The Morgan fingerprint density at radius 2 is 1.94 bits per heavy atom. The van der Waals surface area contributed by atoms with Gasteiger partial charge in [-0.25, -0.2) is 0 Å². The van der Waals surface area contributed by atoms with Crippen molar-refractivity contribution in [2.45, 2.75) is 44.0 Å². The molecule has 0 bridgehead atoms. The van der Waals surface area contributed by atoms with Crippen molar-refractivity contribution in [3.63, 3.8) is 0 Å². The summed E-state index contributed by atoms with van der Waals surface area (Å²) in [5, 5.41) is 10.0. The first-order chi connectivity index (χ1) is 8.22. The largest absolute Gasteiger partial charge is 0.386 e. The van der Waals surface area contributed by atoms with E-state index in [-0.39, 0.29) is 6.10 Å². The predicted octanol–water partition coefficient (Wildman–Crippen LogP) is 3.06. The van der Waals surface area contributed by atoms with Crippen molar-refractivity contribution >= 4 is 0 Å². The molecule has 0 spiro atoms. The SMILES string of the molecule is C=CC1(O)CCC(OCc2ccccc2)CC1. The minimum Gasteiger partial charge on any atom is -0.386 e. The Hall–Kier alpha value is -1.12. The summed E-state index contributed by atoms with van der Waals surface area (Å²) in [5.41, 5.74) is 0.545. The summed E-state index contributed by atoms with van der Waals surface area (Å²) in [6.07, 6.45) is 5.28. The first-order valence-electron chi connectivity index (χ1n) is 6.23. The molecule has 1 aliphatic rings. The quantitative estimate of drug-likeness (QED) is 0.808. The standard InChI is InChI=1S/C15H20O2/c1-2-15(16)10-8-14(9-11-15)17-12-13-6-4-3-5-7-13/h2-7,14,16H,1,8-12H2. The van der Waals surface area contributed by atoms with E-state index in [1.807, 2.05) is 18.2 Å². The molecule has 0 aromatic heterocycles. The Bertz CT molecular complexity index is 350. The molecule has 1 aromatic carbocycles. The van der Waals surface area contributed by atoms with Crippen LogP contribution in [0.1, 0.15) is 31.2 Å². The van der Waals surface area contributed by atoms with Crippen LogP contribution in [0.2, 0.25) is 0 Å². The Morgan fingerprint density at radius 3 is 2.53 bits per heavy atom. The van der Waals surface area contributed by atoms with Crippen molar-refractivity contribution in [1.82, 2.24) is 0 Å². The van der Waals surface area contributed by atoms with Crippen molar-refractivity contribution in [3.8, 4) is 0 Å². The van der Waals surface area contributed by atoms with Crippen molar-refractivity contribution in [1.29, 1.82) is 0 Å². The summed E-state index contributed by atoms with van der Waals surface area (Å²) < 4.78 is 5.86. The van der Waals surface area contributed by atoms with E-state index in [4.69, 9.17) is 4.74 Å². The monoisotopic (exact) mass is 232 g/mol. The fraction of sp³-hybridized carbons (Fsp3) is 0.467. The number of ether oxygens (including phenoxy) is 1. The molecule has 1 fully saturated rings.